The van der Waals surface area contributed by atoms with E-state index < -0.39 is 0 Å². The summed E-state index contributed by atoms with van der Waals surface area (Å²) in [5.41, 5.74) is 1.92. The Morgan fingerprint density at radius 3 is 2.33 bits per heavy atom. The summed E-state index contributed by atoms with van der Waals surface area (Å²) in [6.45, 7) is 8.37. The van der Waals surface area contributed by atoms with Crippen molar-refractivity contribution in [1.29, 1.82) is 5.26 Å². The summed E-state index contributed by atoms with van der Waals surface area (Å²) < 4.78 is 5.48. The molecule has 21 heavy (non-hydrogen) atoms. The molecule has 0 fully saturated rings. The van der Waals surface area contributed by atoms with Crippen LogP contribution in [-0.4, -0.2) is 10.9 Å². The minimum atomic E-state index is 0.450. The Balaban J connectivity index is 2.12. The van der Waals surface area contributed by atoms with Gasteiger partial charge in [0.2, 0.25) is 0 Å². The lowest BCUT2D eigenvalue weighted by molar-refractivity contribution is 0.140. The lowest BCUT2D eigenvalue weighted by atomic mass is 10.0. The molecular formula is C18H22N2O. The molecule has 0 bridgehead atoms. The molecule has 1 heterocycles. The molecule has 0 radical (unpaired) electrons. The summed E-state index contributed by atoms with van der Waals surface area (Å²) in [7, 11) is 0. The molecule has 1 aromatic heterocycles. The van der Waals surface area contributed by atoms with E-state index in [0.29, 0.717) is 17.5 Å². The number of rotatable bonds is 6. The Kier molecular flexibility index (Phi) is 5.19. The van der Waals surface area contributed by atoms with Gasteiger partial charge < -0.3 is 4.42 Å². The molecule has 0 saturated heterocycles. The van der Waals surface area contributed by atoms with Gasteiger partial charge in [0, 0.05) is 12.6 Å². The molecule has 1 aromatic carbocycles. The lowest BCUT2D eigenvalue weighted by Crippen LogP contribution is -2.35. The molecule has 0 aliphatic rings. The van der Waals surface area contributed by atoms with Gasteiger partial charge in [0.15, 0.2) is 0 Å². The predicted molar refractivity (Wildman–Crippen MR) is 83.4 cm³/mol. The third-order valence-corrected chi connectivity index (χ3v) is 3.95. The highest BCUT2D eigenvalue weighted by Crippen LogP contribution is 2.18. The van der Waals surface area contributed by atoms with E-state index in [9.17, 15) is 0 Å². The quantitative estimate of drug-likeness (QED) is 0.797. The van der Waals surface area contributed by atoms with Crippen molar-refractivity contribution >= 4 is 0 Å². The lowest BCUT2D eigenvalue weighted by Gasteiger charge is -2.31. The Labute approximate surface area is 126 Å². The van der Waals surface area contributed by atoms with E-state index in [0.717, 1.165) is 18.8 Å². The number of benzene rings is 1. The molecule has 0 spiro atoms. The average molecular weight is 282 g/mol. The first-order valence-electron chi connectivity index (χ1n) is 7.35. The maximum absolute atomic E-state index is 8.87. The fraction of sp³-hybridized carbons (Fsp3) is 0.389. The number of hydrogen-bond donors (Lipinski definition) is 0. The smallest absolute Gasteiger partial charge is 0.117 e. The van der Waals surface area contributed by atoms with E-state index >= 15 is 0 Å². The zero-order valence-corrected chi connectivity index (χ0v) is 12.9. The molecule has 0 N–H and O–H groups in total. The number of hydrogen-bond acceptors (Lipinski definition) is 3. The molecule has 0 amide bonds. The predicted octanol–water partition coefficient (Wildman–Crippen LogP) is 4.20. The van der Waals surface area contributed by atoms with Gasteiger partial charge in [-0.25, -0.2) is 0 Å². The number of furan rings is 1. The average Bonchev–Trinajstić information content (AvgIpc) is 2.99. The van der Waals surface area contributed by atoms with Crippen molar-refractivity contribution in [3.63, 3.8) is 0 Å². The van der Waals surface area contributed by atoms with Gasteiger partial charge in [0.25, 0.3) is 0 Å². The van der Waals surface area contributed by atoms with Crippen LogP contribution in [0.5, 0.6) is 0 Å². The van der Waals surface area contributed by atoms with E-state index in [1.54, 1.807) is 6.26 Å². The summed E-state index contributed by atoms with van der Waals surface area (Å²) in [4.78, 5) is 2.41. The molecule has 3 nitrogen and oxygen atoms in total. The Morgan fingerprint density at radius 2 is 1.81 bits per heavy atom. The second-order valence-corrected chi connectivity index (χ2v) is 5.78. The zero-order chi connectivity index (χ0) is 15.2. The summed E-state index contributed by atoms with van der Waals surface area (Å²) >= 11 is 0. The van der Waals surface area contributed by atoms with Gasteiger partial charge in [-0.1, -0.05) is 26.0 Å². The van der Waals surface area contributed by atoms with Crippen LogP contribution in [0.2, 0.25) is 0 Å². The Hall–Kier alpha value is -2.05. The third-order valence-electron chi connectivity index (χ3n) is 3.95. The molecule has 2 aromatic rings. The van der Waals surface area contributed by atoms with Crippen LogP contribution in [0.3, 0.4) is 0 Å². The Morgan fingerprint density at radius 1 is 1.10 bits per heavy atom. The van der Waals surface area contributed by atoms with Crippen LogP contribution in [0.1, 0.15) is 37.7 Å². The van der Waals surface area contributed by atoms with Crippen LogP contribution in [0.4, 0.5) is 0 Å². The zero-order valence-electron chi connectivity index (χ0n) is 12.9. The van der Waals surface area contributed by atoms with Gasteiger partial charge in [0.1, 0.15) is 5.76 Å². The van der Waals surface area contributed by atoms with Crippen LogP contribution < -0.4 is 0 Å². The standard InChI is InChI=1S/C18H22N2O/c1-14(2)15(3)20(13-18-5-4-10-21-18)12-17-8-6-16(11-19)7-9-17/h4-10,14-15H,12-13H2,1-3H3/t15-/m0/s1. The minimum absolute atomic E-state index is 0.450. The van der Waals surface area contributed by atoms with Crippen molar-refractivity contribution < 1.29 is 4.42 Å². The maximum atomic E-state index is 8.87. The van der Waals surface area contributed by atoms with Gasteiger partial charge in [-0.2, -0.15) is 5.26 Å². The summed E-state index contributed by atoms with van der Waals surface area (Å²) in [6.07, 6.45) is 1.72. The molecule has 0 aliphatic heterocycles. The highest BCUT2D eigenvalue weighted by molar-refractivity contribution is 5.31. The molecule has 3 heteroatoms. The van der Waals surface area contributed by atoms with Gasteiger partial charge >= 0.3 is 0 Å². The molecular weight excluding hydrogens is 260 g/mol. The van der Waals surface area contributed by atoms with Crippen LogP contribution in [-0.2, 0) is 13.1 Å². The monoisotopic (exact) mass is 282 g/mol. The van der Waals surface area contributed by atoms with Crippen LogP contribution in [0.15, 0.2) is 47.1 Å². The van der Waals surface area contributed by atoms with Gasteiger partial charge in [-0.15, -0.1) is 0 Å². The fourth-order valence-corrected chi connectivity index (χ4v) is 2.29. The van der Waals surface area contributed by atoms with E-state index in [4.69, 9.17) is 9.68 Å². The van der Waals surface area contributed by atoms with E-state index in [1.807, 2.05) is 36.4 Å². The molecule has 0 saturated carbocycles. The van der Waals surface area contributed by atoms with Gasteiger partial charge in [0.05, 0.1) is 24.4 Å². The Bertz CT molecular complexity index is 579. The van der Waals surface area contributed by atoms with Crippen molar-refractivity contribution in [3.8, 4) is 6.07 Å². The van der Waals surface area contributed by atoms with E-state index in [1.165, 1.54) is 5.56 Å². The summed E-state index contributed by atoms with van der Waals surface area (Å²) in [5, 5.41) is 8.87. The second kappa shape index (κ2) is 7.10. The van der Waals surface area contributed by atoms with Crippen molar-refractivity contribution in [2.45, 2.75) is 39.9 Å². The number of nitrogens with zero attached hydrogens (tertiary/aromatic N) is 2. The first-order chi connectivity index (χ1) is 10.1. The second-order valence-electron chi connectivity index (χ2n) is 5.78. The first kappa shape index (κ1) is 15.3. The highest BCUT2D eigenvalue weighted by Gasteiger charge is 2.18. The first-order valence-corrected chi connectivity index (χ1v) is 7.35. The van der Waals surface area contributed by atoms with Gasteiger partial charge in [-0.05, 0) is 42.7 Å². The molecule has 0 unspecified atom stereocenters. The minimum Gasteiger partial charge on any atom is -0.468 e. The van der Waals surface area contributed by atoms with E-state index in [-0.39, 0.29) is 0 Å². The SMILES string of the molecule is CC(C)[C@H](C)N(Cc1ccc(C#N)cc1)Cc1ccco1. The topological polar surface area (TPSA) is 40.2 Å². The van der Waals surface area contributed by atoms with Crippen molar-refractivity contribution in [3.05, 3.63) is 59.5 Å². The number of nitriles is 1. The summed E-state index contributed by atoms with van der Waals surface area (Å²) in [5.74, 6) is 1.55. The molecule has 2 rings (SSSR count). The van der Waals surface area contributed by atoms with Crippen LogP contribution in [0.25, 0.3) is 0 Å². The summed E-state index contributed by atoms with van der Waals surface area (Å²) in [6, 6.07) is 14.4. The normalized spacial score (nSPS) is 12.6. The fourth-order valence-electron chi connectivity index (χ4n) is 2.29. The van der Waals surface area contributed by atoms with Crippen molar-refractivity contribution in [1.82, 2.24) is 4.90 Å². The molecule has 110 valence electrons. The van der Waals surface area contributed by atoms with Crippen LogP contribution in [0, 0.1) is 17.2 Å². The maximum Gasteiger partial charge on any atom is 0.117 e. The largest absolute Gasteiger partial charge is 0.468 e. The van der Waals surface area contributed by atoms with Crippen molar-refractivity contribution in [2.24, 2.45) is 5.92 Å². The van der Waals surface area contributed by atoms with Crippen LogP contribution >= 0.6 is 0 Å². The highest BCUT2D eigenvalue weighted by atomic mass is 16.3. The molecule has 0 aliphatic carbocycles. The third kappa shape index (κ3) is 4.21. The molecule has 1 atom stereocenters. The van der Waals surface area contributed by atoms with E-state index in [2.05, 4.69) is 31.7 Å². The van der Waals surface area contributed by atoms with Gasteiger partial charge in [-0.3, -0.25) is 4.90 Å². The van der Waals surface area contributed by atoms with Crippen molar-refractivity contribution in [2.75, 3.05) is 0 Å².